The fourth-order valence-electron chi connectivity index (χ4n) is 4.16. The predicted molar refractivity (Wildman–Crippen MR) is 87.1 cm³/mol. The van der Waals surface area contributed by atoms with Crippen LogP contribution in [0.1, 0.15) is 64.7 Å². The molecule has 2 fully saturated rings. The number of amides is 1. The zero-order chi connectivity index (χ0) is 15.5. The van der Waals surface area contributed by atoms with E-state index in [1.54, 1.807) is 0 Å². The summed E-state index contributed by atoms with van der Waals surface area (Å²) in [5.74, 6) is 0.153. The van der Waals surface area contributed by atoms with Crippen LogP contribution in [0.5, 0.6) is 0 Å². The van der Waals surface area contributed by atoms with Crippen molar-refractivity contribution in [2.24, 2.45) is 11.7 Å². The molecule has 0 bridgehead atoms. The number of likely N-dealkylation sites (N-methyl/N-ethyl adjacent to an activating group) is 1. The van der Waals surface area contributed by atoms with Gasteiger partial charge in [0.15, 0.2) is 0 Å². The minimum Gasteiger partial charge on any atom is -0.354 e. The molecule has 0 aromatic carbocycles. The first kappa shape index (κ1) is 16.8. The van der Waals surface area contributed by atoms with E-state index in [4.69, 9.17) is 5.73 Å². The van der Waals surface area contributed by atoms with Crippen molar-refractivity contribution in [1.29, 1.82) is 0 Å². The molecule has 3 N–H and O–H groups in total. The van der Waals surface area contributed by atoms with Gasteiger partial charge >= 0.3 is 0 Å². The van der Waals surface area contributed by atoms with E-state index in [1.807, 2.05) is 6.92 Å². The number of nitrogens with one attached hydrogen (secondary N) is 1. The SMILES string of the molecule is CN(C)C1(CNC(=O)C2CCCCC2(C)N)CCCCC1. The highest BCUT2D eigenvalue weighted by molar-refractivity contribution is 5.80. The molecule has 2 unspecified atom stereocenters. The Morgan fingerprint density at radius 3 is 2.33 bits per heavy atom. The van der Waals surface area contributed by atoms with Crippen LogP contribution in [0.2, 0.25) is 0 Å². The number of rotatable bonds is 4. The molecule has 2 saturated carbocycles. The van der Waals surface area contributed by atoms with E-state index in [2.05, 4.69) is 24.3 Å². The third-order valence-electron chi connectivity index (χ3n) is 5.90. The second-order valence-electron chi connectivity index (χ2n) is 7.70. The van der Waals surface area contributed by atoms with Crippen molar-refractivity contribution in [2.75, 3.05) is 20.6 Å². The van der Waals surface area contributed by atoms with E-state index in [0.717, 1.165) is 32.2 Å². The topological polar surface area (TPSA) is 58.4 Å². The van der Waals surface area contributed by atoms with Crippen molar-refractivity contribution in [3.8, 4) is 0 Å². The summed E-state index contributed by atoms with van der Waals surface area (Å²) in [4.78, 5) is 14.9. The highest BCUT2D eigenvalue weighted by atomic mass is 16.2. The van der Waals surface area contributed by atoms with E-state index in [0.29, 0.717) is 0 Å². The predicted octanol–water partition coefficient (Wildman–Crippen LogP) is 2.27. The van der Waals surface area contributed by atoms with E-state index in [-0.39, 0.29) is 22.9 Å². The number of carbonyl (C=O) groups is 1. The van der Waals surface area contributed by atoms with Crippen LogP contribution >= 0.6 is 0 Å². The Morgan fingerprint density at radius 1 is 1.14 bits per heavy atom. The third kappa shape index (κ3) is 3.78. The van der Waals surface area contributed by atoms with Crippen LogP contribution in [0.15, 0.2) is 0 Å². The fraction of sp³-hybridized carbons (Fsp3) is 0.941. The molecule has 0 saturated heterocycles. The van der Waals surface area contributed by atoms with Crippen LogP contribution in [0.25, 0.3) is 0 Å². The molecule has 4 nitrogen and oxygen atoms in total. The van der Waals surface area contributed by atoms with Crippen molar-refractivity contribution >= 4 is 5.91 Å². The van der Waals surface area contributed by atoms with E-state index < -0.39 is 0 Å². The first-order valence-corrected chi connectivity index (χ1v) is 8.61. The molecule has 0 aromatic heterocycles. The summed E-state index contributed by atoms with van der Waals surface area (Å²) in [6.45, 7) is 2.81. The summed E-state index contributed by atoms with van der Waals surface area (Å²) in [7, 11) is 4.29. The van der Waals surface area contributed by atoms with E-state index in [9.17, 15) is 4.79 Å². The lowest BCUT2D eigenvalue weighted by Crippen LogP contribution is -2.57. The Balaban J connectivity index is 1.95. The van der Waals surface area contributed by atoms with Gasteiger partial charge in [0.25, 0.3) is 0 Å². The van der Waals surface area contributed by atoms with Gasteiger partial charge in [0.2, 0.25) is 5.91 Å². The molecule has 2 rings (SSSR count). The van der Waals surface area contributed by atoms with Gasteiger partial charge in [-0.1, -0.05) is 32.1 Å². The van der Waals surface area contributed by atoms with Gasteiger partial charge in [-0.3, -0.25) is 4.79 Å². The fourth-order valence-corrected chi connectivity index (χ4v) is 4.16. The molecular weight excluding hydrogens is 262 g/mol. The standard InChI is InChI=1S/C17H33N3O/c1-16(18)10-8-5-9-14(16)15(21)19-13-17(20(2)3)11-6-4-7-12-17/h14H,4-13,18H2,1-3H3,(H,19,21). The highest BCUT2D eigenvalue weighted by Gasteiger charge is 2.40. The zero-order valence-electron chi connectivity index (χ0n) is 14.1. The lowest BCUT2D eigenvalue weighted by molar-refractivity contribution is -0.128. The summed E-state index contributed by atoms with van der Waals surface area (Å²) in [6, 6.07) is 0. The number of nitrogens with zero attached hydrogens (tertiary/aromatic N) is 1. The monoisotopic (exact) mass is 295 g/mol. The molecule has 0 heterocycles. The van der Waals surface area contributed by atoms with Crippen LogP contribution in [-0.2, 0) is 4.79 Å². The number of hydrogen-bond donors (Lipinski definition) is 2. The average molecular weight is 295 g/mol. The maximum atomic E-state index is 12.6. The molecule has 1 amide bonds. The number of carbonyl (C=O) groups excluding carboxylic acids is 1. The van der Waals surface area contributed by atoms with Gasteiger partial charge in [-0.15, -0.1) is 0 Å². The summed E-state index contributed by atoms with van der Waals surface area (Å²) < 4.78 is 0. The van der Waals surface area contributed by atoms with E-state index in [1.165, 1.54) is 32.1 Å². The second-order valence-corrected chi connectivity index (χ2v) is 7.70. The summed E-state index contributed by atoms with van der Waals surface area (Å²) in [6.07, 6.45) is 10.4. The summed E-state index contributed by atoms with van der Waals surface area (Å²) >= 11 is 0. The van der Waals surface area contributed by atoms with Crippen LogP contribution < -0.4 is 11.1 Å². The van der Waals surface area contributed by atoms with Crippen LogP contribution in [0.4, 0.5) is 0 Å². The lowest BCUT2D eigenvalue weighted by Gasteiger charge is -2.44. The zero-order valence-corrected chi connectivity index (χ0v) is 14.1. The normalized spacial score (nSPS) is 32.9. The molecule has 2 aliphatic carbocycles. The second kappa shape index (κ2) is 6.66. The maximum absolute atomic E-state index is 12.6. The summed E-state index contributed by atoms with van der Waals surface area (Å²) in [5, 5.41) is 3.24. The van der Waals surface area contributed by atoms with Crippen molar-refractivity contribution < 1.29 is 4.79 Å². The Labute approximate surface area is 129 Å². The molecule has 0 spiro atoms. The molecule has 0 aliphatic heterocycles. The molecular formula is C17H33N3O. The van der Waals surface area contributed by atoms with Gasteiger partial charge in [-0.25, -0.2) is 0 Å². The Bertz CT molecular complexity index is 359. The molecule has 0 radical (unpaired) electrons. The Kier molecular flexibility index (Phi) is 5.31. The number of nitrogens with two attached hydrogens (primary N) is 1. The third-order valence-corrected chi connectivity index (χ3v) is 5.90. The molecule has 2 atom stereocenters. The van der Waals surface area contributed by atoms with Gasteiger partial charge in [-0.05, 0) is 46.7 Å². The lowest BCUT2D eigenvalue weighted by atomic mass is 9.74. The Morgan fingerprint density at radius 2 is 1.76 bits per heavy atom. The van der Waals surface area contributed by atoms with Gasteiger partial charge < -0.3 is 16.0 Å². The largest absolute Gasteiger partial charge is 0.354 e. The van der Waals surface area contributed by atoms with Gasteiger partial charge in [0.1, 0.15) is 0 Å². The maximum Gasteiger partial charge on any atom is 0.225 e. The summed E-state index contributed by atoms with van der Waals surface area (Å²) in [5.41, 5.74) is 6.17. The number of hydrogen-bond acceptors (Lipinski definition) is 3. The van der Waals surface area contributed by atoms with Crippen molar-refractivity contribution in [1.82, 2.24) is 10.2 Å². The minimum atomic E-state index is -0.333. The van der Waals surface area contributed by atoms with Gasteiger partial charge in [0, 0.05) is 17.6 Å². The van der Waals surface area contributed by atoms with Crippen LogP contribution in [-0.4, -0.2) is 42.5 Å². The molecule has 0 aromatic rings. The molecule has 21 heavy (non-hydrogen) atoms. The van der Waals surface area contributed by atoms with Gasteiger partial charge in [-0.2, -0.15) is 0 Å². The van der Waals surface area contributed by atoms with Crippen LogP contribution in [0.3, 0.4) is 0 Å². The average Bonchev–Trinajstić information content (AvgIpc) is 2.45. The molecule has 122 valence electrons. The first-order valence-electron chi connectivity index (χ1n) is 8.61. The highest BCUT2D eigenvalue weighted by Crippen LogP contribution is 2.33. The van der Waals surface area contributed by atoms with Crippen molar-refractivity contribution in [2.45, 2.75) is 75.8 Å². The van der Waals surface area contributed by atoms with E-state index >= 15 is 0 Å². The quantitative estimate of drug-likeness (QED) is 0.836. The van der Waals surface area contributed by atoms with Crippen LogP contribution in [0, 0.1) is 5.92 Å². The molecule has 4 heteroatoms. The minimum absolute atomic E-state index is 0.0194. The first-order chi connectivity index (χ1) is 9.87. The molecule has 2 aliphatic rings. The smallest absolute Gasteiger partial charge is 0.225 e. The van der Waals surface area contributed by atoms with Crippen molar-refractivity contribution in [3.05, 3.63) is 0 Å². The van der Waals surface area contributed by atoms with Crippen molar-refractivity contribution in [3.63, 3.8) is 0 Å². The Hall–Kier alpha value is -0.610. The van der Waals surface area contributed by atoms with Gasteiger partial charge in [0.05, 0.1) is 5.92 Å².